The standard InChI is InChI=1S/C5H11NO2S.H2O4S.Zn/c1-9-3-2-4(6)5(7)8;1-5(2,3)4;/h4H,2-3,6H2,1H3,(H,7,8);(H2,1,2,3,4);/q;;+2/p-2/t4-;;/m0../s1. The van der Waals surface area contributed by atoms with Gasteiger partial charge in [-0.15, -0.1) is 0 Å². The summed E-state index contributed by atoms with van der Waals surface area (Å²) < 4.78 is 32.8. The van der Waals surface area contributed by atoms with Gasteiger partial charge >= 0.3 is 19.5 Å². The summed E-state index contributed by atoms with van der Waals surface area (Å²) in [5.41, 5.74) is 5.13. The van der Waals surface area contributed by atoms with Gasteiger partial charge < -0.3 is 20.2 Å². The predicted octanol–water partition coefficient (Wildman–Crippen LogP) is -2.18. The van der Waals surface area contributed by atoms with E-state index >= 15 is 0 Å². The number of rotatable bonds is 4. The maximum absolute atomic E-state index is 9.96. The van der Waals surface area contributed by atoms with Gasteiger partial charge in [-0.3, -0.25) is 4.55 Å². The van der Waals surface area contributed by atoms with Crippen molar-refractivity contribution in [3.8, 4) is 0 Å². The molecule has 7 nitrogen and oxygen atoms in total. The second-order valence-corrected chi connectivity index (χ2v) is 3.98. The van der Waals surface area contributed by atoms with Gasteiger partial charge in [-0.1, -0.05) is 0 Å². The molecule has 0 aromatic carbocycles. The summed E-state index contributed by atoms with van der Waals surface area (Å²) >= 11 is 1.58. The molecule has 0 aromatic heterocycles. The van der Waals surface area contributed by atoms with Gasteiger partial charge in [-0.2, -0.15) is 11.8 Å². The van der Waals surface area contributed by atoms with Gasteiger partial charge in [-0.25, -0.2) is 8.42 Å². The Morgan fingerprint density at radius 1 is 1.60 bits per heavy atom. The topological polar surface area (TPSA) is 144 Å². The second-order valence-electron chi connectivity index (χ2n) is 2.13. The number of carbonyl (C=O) groups excluding carboxylic acids is 1. The third-order valence-electron chi connectivity index (χ3n) is 0.936. The van der Waals surface area contributed by atoms with Gasteiger partial charge in [0.25, 0.3) is 0 Å². The van der Waals surface area contributed by atoms with E-state index in [0.29, 0.717) is 6.42 Å². The largest absolute Gasteiger partial charge is 2.00 e. The number of carboxylic acids is 1. The van der Waals surface area contributed by atoms with E-state index in [9.17, 15) is 9.90 Å². The first-order chi connectivity index (χ1) is 6.18. The van der Waals surface area contributed by atoms with Crippen molar-refractivity contribution in [1.82, 2.24) is 0 Å². The average molecular weight is 311 g/mol. The monoisotopic (exact) mass is 309 g/mol. The van der Waals surface area contributed by atoms with Crippen molar-refractivity contribution in [3.05, 3.63) is 0 Å². The minimum Gasteiger partial charge on any atom is -0.726 e. The molecule has 0 aliphatic heterocycles. The summed E-state index contributed by atoms with van der Waals surface area (Å²) in [6, 6.07) is -0.794. The van der Waals surface area contributed by atoms with Gasteiger partial charge in [0.05, 0.1) is 5.97 Å². The van der Waals surface area contributed by atoms with Crippen LogP contribution < -0.4 is 10.8 Å². The Balaban J connectivity index is -0.000000208. The molecule has 0 spiro atoms. The zero-order chi connectivity index (χ0) is 11.8. The average Bonchev–Trinajstić information content (AvgIpc) is 1.96. The maximum Gasteiger partial charge on any atom is 2.00 e. The summed E-state index contributed by atoms with van der Waals surface area (Å²) in [4.78, 5) is 9.96. The maximum atomic E-state index is 9.96. The number of hydrogen-bond acceptors (Lipinski definition) is 7. The summed E-state index contributed by atoms with van der Waals surface area (Å²) in [6.45, 7) is 0. The molecule has 0 saturated heterocycles. The second kappa shape index (κ2) is 10.8. The molecule has 0 rings (SSSR count). The molecule has 0 aromatic rings. The molecule has 0 heterocycles. The summed E-state index contributed by atoms with van der Waals surface area (Å²) in [6.07, 6.45) is 2.39. The fraction of sp³-hybridized carbons (Fsp3) is 0.800. The molecule has 0 aliphatic rings. The van der Waals surface area contributed by atoms with Crippen LogP contribution in [0.5, 0.6) is 0 Å². The van der Waals surface area contributed by atoms with Crippen LogP contribution in [0.4, 0.5) is 0 Å². The van der Waals surface area contributed by atoms with Crippen molar-refractivity contribution in [2.75, 3.05) is 12.0 Å². The number of carbonyl (C=O) groups is 1. The minimum absolute atomic E-state index is 0. The molecule has 0 radical (unpaired) electrons. The van der Waals surface area contributed by atoms with E-state index in [0.717, 1.165) is 5.75 Å². The van der Waals surface area contributed by atoms with Gasteiger partial charge in [0, 0.05) is 6.04 Å². The quantitative estimate of drug-likeness (QED) is 0.339. The van der Waals surface area contributed by atoms with Crippen LogP contribution in [0.2, 0.25) is 0 Å². The van der Waals surface area contributed by atoms with E-state index in [1.807, 2.05) is 6.26 Å². The van der Waals surface area contributed by atoms with Crippen molar-refractivity contribution in [3.63, 3.8) is 0 Å². The van der Waals surface area contributed by atoms with E-state index < -0.39 is 22.4 Å². The van der Waals surface area contributed by atoms with Crippen LogP contribution in [0.3, 0.4) is 0 Å². The SMILES string of the molecule is CSCC[C@H](N)C(=O)[O-].O=S(=O)([O-])O.[Zn+2]. The van der Waals surface area contributed by atoms with Crippen LogP contribution in [0, 0.1) is 0 Å². The summed E-state index contributed by atoms with van der Waals surface area (Å²) in [5, 5.41) is 9.96. The Bertz CT molecular complexity index is 248. The smallest absolute Gasteiger partial charge is 0.726 e. The van der Waals surface area contributed by atoms with Gasteiger partial charge in [0.1, 0.15) is 0 Å². The fourth-order valence-electron chi connectivity index (χ4n) is 0.363. The first-order valence-electron chi connectivity index (χ1n) is 3.32. The zero-order valence-electron chi connectivity index (χ0n) is 8.08. The number of aliphatic carboxylic acids is 1. The number of nitrogens with two attached hydrogens (primary N) is 1. The Labute approximate surface area is 105 Å². The molecule has 0 bridgehead atoms. The van der Waals surface area contributed by atoms with Crippen LogP contribution in [-0.4, -0.2) is 41.5 Å². The Morgan fingerprint density at radius 3 is 2.13 bits per heavy atom. The van der Waals surface area contributed by atoms with Crippen molar-refractivity contribution >= 4 is 28.1 Å². The van der Waals surface area contributed by atoms with E-state index in [1.165, 1.54) is 0 Å². The number of thioether (sulfide) groups is 1. The molecule has 0 aliphatic carbocycles. The Hall–Kier alpha value is 0.273. The van der Waals surface area contributed by atoms with Crippen LogP contribution in [-0.2, 0) is 34.7 Å². The summed E-state index contributed by atoms with van der Waals surface area (Å²) in [7, 11) is -4.92. The van der Waals surface area contributed by atoms with E-state index in [4.69, 9.17) is 23.3 Å². The van der Waals surface area contributed by atoms with Crippen molar-refractivity contribution in [2.45, 2.75) is 12.5 Å². The van der Waals surface area contributed by atoms with Gasteiger partial charge in [0.15, 0.2) is 0 Å². The fourth-order valence-corrected chi connectivity index (χ4v) is 0.852. The van der Waals surface area contributed by atoms with E-state index in [2.05, 4.69) is 0 Å². The van der Waals surface area contributed by atoms with Crippen LogP contribution in [0.15, 0.2) is 0 Å². The number of carboxylic acid groups (broad SMARTS) is 1. The molecular weight excluding hydrogens is 300 g/mol. The Kier molecular flexibility index (Phi) is 14.8. The molecule has 0 fully saturated rings. The van der Waals surface area contributed by atoms with Crippen molar-refractivity contribution in [2.24, 2.45) is 5.73 Å². The van der Waals surface area contributed by atoms with Crippen molar-refractivity contribution < 1.29 is 46.9 Å². The van der Waals surface area contributed by atoms with E-state index in [1.54, 1.807) is 11.8 Å². The zero-order valence-corrected chi connectivity index (χ0v) is 12.7. The van der Waals surface area contributed by atoms with Crippen LogP contribution >= 0.6 is 11.8 Å². The van der Waals surface area contributed by atoms with Crippen LogP contribution in [0.1, 0.15) is 6.42 Å². The van der Waals surface area contributed by atoms with Gasteiger partial charge in [0.2, 0.25) is 10.4 Å². The van der Waals surface area contributed by atoms with Crippen LogP contribution in [0.25, 0.3) is 0 Å². The molecule has 1 atom stereocenters. The number of hydrogen-bond donors (Lipinski definition) is 2. The molecule has 86 valence electrons. The molecule has 3 N–H and O–H groups in total. The van der Waals surface area contributed by atoms with Crippen molar-refractivity contribution in [1.29, 1.82) is 0 Å². The molecule has 0 unspecified atom stereocenters. The first kappa shape index (κ1) is 20.7. The molecule has 10 heteroatoms. The molecule has 0 amide bonds. The third kappa shape index (κ3) is 31.4. The Morgan fingerprint density at radius 2 is 1.93 bits per heavy atom. The first-order valence-corrected chi connectivity index (χ1v) is 6.08. The molecular formula is C5H11NO6S2Zn. The normalized spacial score (nSPS) is 11.7. The predicted molar refractivity (Wildman–Crippen MR) is 48.3 cm³/mol. The van der Waals surface area contributed by atoms with E-state index in [-0.39, 0.29) is 19.5 Å². The third-order valence-corrected chi connectivity index (χ3v) is 1.58. The molecule has 0 saturated carbocycles. The summed E-state index contributed by atoms with van der Waals surface area (Å²) in [5.74, 6) is -0.390. The minimum atomic E-state index is -4.92. The van der Waals surface area contributed by atoms with Gasteiger partial charge in [-0.05, 0) is 18.4 Å². The molecule has 15 heavy (non-hydrogen) atoms.